The van der Waals surface area contributed by atoms with Crippen LogP contribution in [-0.2, 0) is 6.54 Å². The molecular formula is C16H20Cl2N4O. The molecule has 3 unspecified atom stereocenters. The van der Waals surface area contributed by atoms with Crippen LogP contribution in [-0.4, -0.2) is 34.2 Å². The van der Waals surface area contributed by atoms with Gasteiger partial charge in [0.05, 0.1) is 6.54 Å². The van der Waals surface area contributed by atoms with Crippen LogP contribution in [0.15, 0.2) is 28.8 Å². The van der Waals surface area contributed by atoms with Crippen molar-refractivity contribution in [1.82, 2.24) is 15.0 Å². The van der Waals surface area contributed by atoms with Crippen LogP contribution in [0.5, 0.6) is 0 Å². The summed E-state index contributed by atoms with van der Waals surface area (Å²) in [5, 5.41) is 4.77. The molecule has 1 aromatic heterocycles. The summed E-state index contributed by atoms with van der Waals surface area (Å²) >= 11 is 5.89. The number of fused-ring (bicyclic) bond motifs is 1. The SMILES string of the molecule is Cl.NC1CCC2CN(Cc3nc(-c4ccc(Cl)cc4)no3)CC12. The van der Waals surface area contributed by atoms with Crippen LogP contribution >= 0.6 is 24.0 Å². The maximum atomic E-state index is 6.18. The van der Waals surface area contributed by atoms with Crippen LogP contribution in [0.25, 0.3) is 11.4 Å². The highest BCUT2D eigenvalue weighted by Gasteiger charge is 2.41. The summed E-state index contributed by atoms with van der Waals surface area (Å²) in [5.74, 6) is 2.66. The zero-order valence-corrected chi connectivity index (χ0v) is 14.3. The Balaban J connectivity index is 0.00000156. The number of aromatic nitrogens is 2. The number of halogens is 2. The Hall–Kier alpha value is -1.14. The van der Waals surface area contributed by atoms with Gasteiger partial charge in [0.1, 0.15) is 0 Å². The molecule has 4 rings (SSSR count). The van der Waals surface area contributed by atoms with Crippen LogP contribution in [0.2, 0.25) is 5.02 Å². The average molecular weight is 355 g/mol. The van der Waals surface area contributed by atoms with Crippen molar-refractivity contribution < 1.29 is 4.52 Å². The molecule has 0 spiro atoms. The van der Waals surface area contributed by atoms with Crippen molar-refractivity contribution in [2.45, 2.75) is 25.4 Å². The van der Waals surface area contributed by atoms with Gasteiger partial charge in [0.2, 0.25) is 11.7 Å². The maximum Gasteiger partial charge on any atom is 0.241 e. The first kappa shape index (κ1) is 16.7. The summed E-state index contributed by atoms with van der Waals surface area (Å²) in [7, 11) is 0. The molecule has 1 aliphatic carbocycles. The zero-order valence-electron chi connectivity index (χ0n) is 12.7. The molecule has 2 aliphatic rings. The number of nitrogens with zero attached hydrogens (tertiary/aromatic N) is 3. The third-order valence-electron chi connectivity index (χ3n) is 4.92. The van der Waals surface area contributed by atoms with Gasteiger partial charge in [0.25, 0.3) is 0 Å². The summed E-state index contributed by atoms with van der Waals surface area (Å²) in [6, 6.07) is 7.82. The summed E-state index contributed by atoms with van der Waals surface area (Å²) in [5.41, 5.74) is 7.10. The summed E-state index contributed by atoms with van der Waals surface area (Å²) in [6.45, 7) is 2.85. The number of nitrogens with two attached hydrogens (primary N) is 1. The first-order valence-electron chi connectivity index (χ1n) is 7.75. The molecule has 124 valence electrons. The Morgan fingerprint density at radius 3 is 2.74 bits per heavy atom. The minimum Gasteiger partial charge on any atom is -0.338 e. The molecule has 1 saturated heterocycles. The fourth-order valence-corrected chi connectivity index (χ4v) is 3.88. The van der Waals surface area contributed by atoms with E-state index in [1.807, 2.05) is 24.3 Å². The van der Waals surface area contributed by atoms with Crippen LogP contribution in [0, 0.1) is 11.8 Å². The molecule has 3 atom stereocenters. The van der Waals surface area contributed by atoms with Gasteiger partial charge in [-0.2, -0.15) is 4.98 Å². The molecule has 2 aromatic rings. The van der Waals surface area contributed by atoms with Crippen LogP contribution in [0.1, 0.15) is 18.7 Å². The Morgan fingerprint density at radius 1 is 1.22 bits per heavy atom. The highest BCUT2D eigenvalue weighted by atomic mass is 35.5. The van der Waals surface area contributed by atoms with Gasteiger partial charge in [-0.25, -0.2) is 0 Å². The van der Waals surface area contributed by atoms with Crippen molar-refractivity contribution in [2.75, 3.05) is 13.1 Å². The molecule has 23 heavy (non-hydrogen) atoms. The standard InChI is InChI=1S/C16H19ClN4O.ClH/c17-12-4-1-10(2-5-12)16-19-15(22-20-16)9-21-7-11-3-6-14(18)13(11)8-21;/h1-2,4-5,11,13-14H,3,6-9,18H2;1H. The van der Waals surface area contributed by atoms with Gasteiger partial charge >= 0.3 is 0 Å². The van der Waals surface area contributed by atoms with E-state index in [2.05, 4.69) is 15.0 Å². The second kappa shape index (κ2) is 6.77. The van der Waals surface area contributed by atoms with E-state index in [4.69, 9.17) is 21.9 Å². The Labute approximate surface area is 146 Å². The summed E-state index contributed by atoms with van der Waals surface area (Å²) in [6.07, 6.45) is 2.42. The van der Waals surface area contributed by atoms with Gasteiger partial charge in [-0.3, -0.25) is 4.90 Å². The van der Waals surface area contributed by atoms with Crippen molar-refractivity contribution in [2.24, 2.45) is 17.6 Å². The molecule has 0 amide bonds. The van der Waals surface area contributed by atoms with Gasteiger partial charge in [-0.15, -0.1) is 12.4 Å². The van der Waals surface area contributed by atoms with E-state index < -0.39 is 0 Å². The van der Waals surface area contributed by atoms with E-state index >= 15 is 0 Å². The topological polar surface area (TPSA) is 68.2 Å². The molecule has 0 radical (unpaired) electrons. The van der Waals surface area contributed by atoms with Crippen LogP contribution < -0.4 is 5.73 Å². The van der Waals surface area contributed by atoms with Crippen molar-refractivity contribution in [3.63, 3.8) is 0 Å². The minimum atomic E-state index is 0. The zero-order chi connectivity index (χ0) is 15.1. The molecule has 1 aromatic carbocycles. The Bertz CT molecular complexity index is 660. The lowest BCUT2D eigenvalue weighted by molar-refractivity contribution is 0.250. The molecule has 2 heterocycles. The second-order valence-corrected chi connectivity index (χ2v) is 6.81. The lowest BCUT2D eigenvalue weighted by Gasteiger charge is -2.15. The number of likely N-dealkylation sites (tertiary alicyclic amines) is 1. The Kier molecular flexibility index (Phi) is 4.92. The summed E-state index contributed by atoms with van der Waals surface area (Å²) < 4.78 is 5.39. The molecule has 2 fully saturated rings. The number of hydrogen-bond acceptors (Lipinski definition) is 5. The average Bonchev–Trinajstić information content (AvgIpc) is 3.19. The summed E-state index contributed by atoms with van der Waals surface area (Å²) in [4.78, 5) is 6.88. The Morgan fingerprint density at radius 2 is 2.00 bits per heavy atom. The van der Waals surface area contributed by atoms with E-state index in [9.17, 15) is 0 Å². The first-order chi connectivity index (χ1) is 10.7. The third kappa shape index (κ3) is 3.38. The molecule has 1 saturated carbocycles. The number of benzene rings is 1. The number of hydrogen-bond donors (Lipinski definition) is 1. The highest BCUT2D eigenvalue weighted by molar-refractivity contribution is 6.30. The first-order valence-corrected chi connectivity index (χ1v) is 8.13. The molecule has 0 bridgehead atoms. The number of rotatable bonds is 3. The quantitative estimate of drug-likeness (QED) is 0.917. The van der Waals surface area contributed by atoms with E-state index in [0.717, 1.165) is 24.6 Å². The van der Waals surface area contributed by atoms with Gasteiger partial charge in [-0.05, 0) is 48.9 Å². The van der Waals surface area contributed by atoms with E-state index in [0.29, 0.717) is 35.2 Å². The van der Waals surface area contributed by atoms with E-state index in [-0.39, 0.29) is 12.4 Å². The van der Waals surface area contributed by atoms with Gasteiger partial charge in [0.15, 0.2) is 0 Å². The second-order valence-electron chi connectivity index (χ2n) is 6.38. The fraction of sp³-hybridized carbons (Fsp3) is 0.500. The van der Waals surface area contributed by atoms with Crippen molar-refractivity contribution >= 4 is 24.0 Å². The molecule has 1 aliphatic heterocycles. The van der Waals surface area contributed by atoms with Gasteiger partial charge in [0, 0.05) is 29.7 Å². The van der Waals surface area contributed by atoms with Crippen LogP contribution in [0.3, 0.4) is 0 Å². The maximum absolute atomic E-state index is 6.18. The molecule has 7 heteroatoms. The van der Waals surface area contributed by atoms with Crippen molar-refractivity contribution in [3.8, 4) is 11.4 Å². The van der Waals surface area contributed by atoms with E-state index in [1.165, 1.54) is 12.8 Å². The lowest BCUT2D eigenvalue weighted by Crippen LogP contribution is -2.30. The smallest absolute Gasteiger partial charge is 0.241 e. The van der Waals surface area contributed by atoms with Gasteiger partial charge < -0.3 is 10.3 Å². The monoisotopic (exact) mass is 354 g/mol. The van der Waals surface area contributed by atoms with Crippen molar-refractivity contribution in [3.05, 3.63) is 35.2 Å². The minimum absolute atomic E-state index is 0. The van der Waals surface area contributed by atoms with Crippen LogP contribution in [0.4, 0.5) is 0 Å². The molecular weight excluding hydrogens is 335 g/mol. The fourth-order valence-electron chi connectivity index (χ4n) is 3.76. The van der Waals surface area contributed by atoms with Crippen molar-refractivity contribution in [1.29, 1.82) is 0 Å². The van der Waals surface area contributed by atoms with Gasteiger partial charge in [-0.1, -0.05) is 16.8 Å². The lowest BCUT2D eigenvalue weighted by atomic mass is 9.98. The highest BCUT2D eigenvalue weighted by Crippen LogP contribution is 2.37. The predicted molar refractivity (Wildman–Crippen MR) is 91.5 cm³/mol. The normalized spacial score (nSPS) is 27.0. The van der Waals surface area contributed by atoms with E-state index in [1.54, 1.807) is 0 Å². The largest absolute Gasteiger partial charge is 0.338 e. The molecule has 2 N–H and O–H groups in total. The molecule has 5 nitrogen and oxygen atoms in total. The third-order valence-corrected chi connectivity index (χ3v) is 5.17. The predicted octanol–water partition coefficient (Wildman–Crippen LogP) is 2.98.